The Morgan fingerprint density at radius 3 is 2.57 bits per heavy atom. The second kappa shape index (κ2) is 6.90. The Balaban J connectivity index is 2.14. The summed E-state index contributed by atoms with van der Waals surface area (Å²) in [6, 6.07) is 6.63. The van der Waals surface area contributed by atoms with Crippen LogP contribution >= 0.6 is 0 Å². The summed E-state index contributed by atoms with van der Waals surface area (Å²) >= 11 is 0. The van der Waals surface area contributed by atoms with E-state index in [2.05, 4.69) is 6.92 Å². The van der Waals surface area contributed by atoms with E-state index in [9.17, 15) is 13.5 Å². The Bertz CT molecular complexity index is 561. The highest BCUT2D eigenvalue weighted by molar-refractivity contribution is 7.89. The van der Waals surface area contributed by atoms with Crippen molar-refractivity contribution in [3.8, 4) is 0 Å². The van der Waals surface area contributed by atoms with Crippen LogP contribution in [0.15, 0.2) is 29.2 Å². The quantitative estimate of drug-likeness (QED) is 0.909. The number of piperidine rings is 1. The Morgan fingerprint density at radius 2 is 2.00 bits per heavy atom. The number of nitrogens with zero attached hydrogens (tertiary/aromatic N) is 1. The fraction of sp³-hybridized carbons (Fsp3) is 0.625. The average molecular weight is 311 g/mol. The summed E-state index contributed by atoms with van der Waals surface area (Å²) in [6.45, 7) is 5.02. The van der Waals surface area contributed by atoms with Crippen molar-refractivity contribution in [3.05, 3.63) is 29.8 Å². The molecule has 0 aromatic heterocycles. The van der Waals surface area contributed by atoms with Gasteiger partial charge in [-0.25, -0.2) is 8.42 Å². The number of aliphatic hydroxyl groups is 1. The van der Waals surface area contributed by atoms with Gasteiger partial charge in [-0.05, 0) is 43.4 Å². The van der Waals surface area contributed by atoms with E-state index in [1.165, 1.54) is 6.42 Å². The van der Waals surface area contributed by atoms with E-state index in [1.54, 1.807) is 35.5 Å². The van der Waals surface area contributed by atoms with Gasteiger partial charge in [-0.2, -0.15) is 4.31 Å². The first-order valence-corrected chi connectivity index (χ1v) is 9.17. The van der Waals surface area contributed by atoms with Gasteiger partial charge in [0.25, 0.3) is 0 Å². The lowest BCUT2D eigenvalue weighted by atomic mass is 9.94. The van der Waals surface area contributed by atoms with Crippen LogP contribution in [-0.4, -0.2) is 30.9 Å². The Labute approximate surface area is 127 Å². The third kappa shape index (κ3) is 3.84. The zero-order chi connectivity index (χ0) is 15.5. The van der Waals surface area contributed by atoms with Gasteiger partial charge in [-0.15, -0.1) is 0 Å². The van der Waals surface area contributed by atoms with Crippen LogP contribution in [-0.2, 0) is 10.0 Å². The maximum atomic E-state index is 12.7. The van der Waals surface area contributed by atoms with Gasteiger partial charge in [-0.3, -0.25) is 0 Å². The van der Waals surface area contributed by atoms with Crippen molar-refractivity contribution in [2.75, 3.05) is 13.1 Å². The van der Waals surface area contributed by atoms with E-state index in [1.807, 2.05) is 0 Å². The molecular formula is C16H25NO3S. The maximum Gasteiger partial charge on any atom is 0.243 e. The zero-order valence-electron chi connectivity index (χ0n) is 12.8. The summed E-state index contributed by atoms with van der Waals surface area (Å²) in [7, 11) is -3.43. The zero-order valence-corrected chi connectivity index (χ0v) is 13.6. The van der Waals surface area contributed by atoms with Gasteiger partial charge >= 0.3 is 0 Å². The molecule has 0 spiro atoms. The van der Waals surface area contributed by atoms with Crippen molar-refractivity contribution in [1.29, 1.82) is 0 Å². The van der Waals surface area contributed by atoms with E-state index in [0.717, 1.165) is 19.3 Å². The summed E-state index contributed by atoms with van der Waals surface area (Å²) in [5.74, 6) is 0.658. The van der Waals surface area contributed by atoms with Crippen LogP contribution in [0.3, 0.4) is 0 Å². The molecule has 1 aliphatic rings. The molecule has 1 atom stereocenters. The molecule has 0 bridgehead atoms. The highest BCUT2D eigenvalue weighted by atomic mass is 32.2. The molecule has 21 heavy (non-hydrogen) atoms. The molecule has 2 rings (SSSR count). The second-order valence-corrected chi connectivity index (χ2v) is 7.82. The molecule has 1 aromatic rings. The van der Waals surface area contributed by atoms with Crippen LogP contribution in [0.4, 0.5) is 0 Å². The van der Waals surface area contributed by atoms with Gasteiger partial charge in [0.05, 0.1) is 11.0 Å². The highest BCUT2D eigenvalue weighted by Crippen LogP contribution is 2.27. The minimum absolute atomic E-state index is 0.287. The van der Waals surface area contributed by atoms with Gasteiger partial charge in [0.15, 0.2) is 0 Å². The molecule has 1 N–H and O–H groups in total. The van der Waals surface area contributed by atoms with Crippen LogP contribution in [0, 0.1) is 5.92 Å². The van der Waals surface area contributed by atoms with Crippen LogP contribution in [0.5, 0.6) is 0 Å². The van der Waals surface area contributed by atoms with Gasteiger partial charge in [0, 0.05) is 13.1 Å². The van der Waals surface area contributed by atoms with E-state index in [0.29, 0.717) is 24.6 Å². The van der Waals surface area contributed by atoms with Crippen molar-refractivity contribution in [3.63, 3.8) is 0 Å². The van der Waals surface area contributed by atoms with Crippen molar-refractivity contribution in [2.45, 2.75) is 50.5 Å². The summed E-state index contributed by atoms with van der Waals surface area (Å²) in [4.78, 5) is 0.287. The molecule has 4 nitrogen and oxygen atoms in total. The lowest BCUT2D eigenvalue weighted by Crippen LogP contribution is -2.38. The predicted octanol–water partition coefficient (Wildman–Crippen LogP) is 2.94. The first-order valence-electron chi connectivity index (χ1n) is 7.73. The van der Waals surface area contributed by atoms with E-state index < -0.39 is 16.1 Å². The molecule has 118 valence electrons. The van der Waals surface area contributed by atoms with Gasteiger partial charge in [0.1, 0.15) is 0 Å². The first-order chi connectivity index (χ1) is 9.95. The van der Waals surface area contributed by atoms with Crippen molar-refractivity contribution in [1.82, 2.24) is 4.31 Å². The minimum Gasteiger partial charge on any atom is -0.389 e. The van der Waals surface area contributed by atoms with Crippen LogP contribution in [0.1, 0.15) is 51.2 Å². The molecule has 1 aromatic carbocycles. The molecule has 1 saturated heterocycles. The maximum absolute atomic E-state index is 12.7. The molecule has 1 aliphatic heterocycles. The third-order valence-corrected chi connectivity index (χ3v) is 6.14. The standard InChI is InChI=1S/C16H25NO3S/c1-3-5-14-8-10-17(11-9-14)21(19,20)16-7-4-6-15(12-16)13(2)18/h4,6-7,12-14,18H,3,5,8-11H2,1-2H3. The normalized spacial score (nSPS) is 19.6. The monoisotopic (exact) mass is 311 g/mol. The SMILES string of the molecule is CCCC1CCN(S(=O)(=O)c2cccc(C(C)O)c2)CC1. The van der Waals surface area contributed by atoms with Crippen molar-refractivity contribution < 1.29 is 13.5 Å². The second-order valence-electron chi connectivity index (χ2n) is 5.88. The summed E-state index contributed by atoms with van der Waals surface area (Å²) in [5, 5.41) is 9.61. The summed E-state index contributed by atoms with van der Waals surface area (Å²) < 4.78 is 26.9. The number of sulfonamides is 1. The number of hydrogen-bond donors (Lipinski definition) is 1. The lowest BCUT2D eigenvalue weighted by molar-refractivity contribution is 0.199. The molecule has 0 amide bonds. The smallest absolute Gasteiger partial charge is 0.243 e. The topological polar surface area (TPSA) is 57.6 Å². The molecule has 1 heterocycles. The van der Waals surface area contributed by atoms with E-state index in [-0.39, 0.29) is 4.90 Å². The fourth-order valence-electron chi connectivity index (χ4n) is 2.93. The Hall–Kier alpha value is -0.910. The minimum atomic E-state index is -3.43. The number of hydrogen-bond acceptors (Lipinski definition) is 3. The average Bonchev–Trinajstić information content (AvgIpc) is 2.48. The van der Waals surface area contributed by atoms with Crippen molar-refractivity contribution >= 4 is 10.0 Å². The third-order valence-electron chi connectivity index (χ3n) is 4.25. The lowest BCUT2D eigenvalue weighted by Gasteiger charge is -2.31. The molecule has 1 unspecified atom stereocenters. The summed E-state index contributed by atoms with van der Waals surface area (Å²) in [6.07, 6.45) is 3.58. The molecule has 0 radical (unpaired) electrons. The Kier molecular flexibility index (Phi) is 5.41. The molecule has 5 heteroatoms. The van der Waals surface area contributed by atoms with E-state index in [4.69, 9.17) is 0 Å². The predicted molar refractivity (Wildman–Crippen MR) is 83.5 cm³/mol. The van der Waals surface area contributed by atoms with Crippen molar-refractivity contribution in [2.24, 2.45) is 5.92 Å². The molecule has 1 fully saturated rings. The van der Waals surface area contributed by atoms with Gasteiger partial charge in [-0.1, -0.05) is 31.9 Å². The molecule has 0 saturated carbocycles. The Morgan fingerprint density at radius 1 is 1.33 bits per heavy atom. The molecule has 0 aliphatic carbocycles. The summed E-state index contributed by atoms with van der Waals surface area (Å²) in [5.41, 5.74) is 0.636. The first kappa shape index (κ1) is 16.5. The largest absolute Gasteiger partial charge is 0.389 e. The van der Waals surface area contributed by atoms with Gasteiger partial charge in [0.2, 0.25) is 10.0 Å². The number of rotatable bonds is 5. The van der Waals surface area contributed by atoms with Crippen LogP contribution in [0.2, 0.25) is 0 Å². The van der Waals surface area contributed by atoms with Gasteiger partial charge < -0.3 is 5.11 Å². The van der Waals surface area contributed by atoms with E-state index >= 15 is 0 Å². The fourth-order valence-corrected chi connectivity index (χ4v) is 4.46. The molecular weight excluding hydrogens is 286 g/mol. The van der Waals surface area contributed by atoms with Crippen LogP contribution in [0.25, 0.3) is 0 Å². The van der Waals surface area contributed by atoms with Crippen LogP contribution < -0.4 is 0 Å². The number of aliphatic hydroxyl groups excluding tert-OH is 1. The highest BCUT2D eigenvalue weighted by Gasteiger charge is 2.29. The number of benzene rings is 1.